The molecule has 3 atom stereocenters. The lowest BCUT2D eigenvalue weighted by molar-refractivity contribution is -0.192. The number of amides is 2. The van der Waals surface area contributed by atoms with Crippen molar-refractivity contribution in [3.63, 3.8) is 0 Å². The van der Waals surface area contributed by atoms with Crippen LogP contribution in [0.5, 0.6) is 0 Å². The highest BCUT2D eigenvalue weighted by Gasteiger charge is 2.75. The van der Waals surface area contributed by atoms with Gasteiger partial charge in [0, 0.05) is 0 Å². The summed E-state index contributed by atoms with van der Waals surface area (Å²) in [4.78, 5) is 51.7. The third-order valence-corrected chi connectivity index (χ3v) is 7.46. The Morgan fingerprint density at radius 3 is 2.27 bits per heavy atom. The maximum Gasteiger partial charge on any atom is 0.355 e. The molecule has 2 aliphatic heterocycles. The number of ether oxygens (including phenoxy) is 2. The summed E-state index contributed by atoms with van der Waals surface area (Å²) in [6.07, 6.45) is -0.988. The molecule has 2 aliphatic rings. The highest BCUT2D eigenvalue weighted by molar-refractivity contribution is 8.01. The first-order chi connectivity index (χ1) is 15.8. The van der Waals surface area contributed by atoms with E-state index in [0.717, 1.165) is 11.1 Å². The summed E-state index contributed by atoms with van der Waals surface area (Å²) in [5.41, 5.74) is -0.225. The minimum absolute atomic E-state index is 0.0162. The van der Waals surface area contributed by atoms with Gasteiger partial charge in [-0.2, -0.15) is 0 Å². The molecule has 9 heteroatoms. The molecule has 2 aromatic rings. The molecule has 0 radical (unpaired) electrons. The zero-order chi connectivity index (χ0) is 23.6. The molecule has 0 unspecified atom stereocenters. The van der Waals surface area contributed by atoms with Crippen LogP contribution in [0, 0.1) is 0 Å². The minimum Gasteiger partial charge on any atom is -0.458 e. The lowest BCUT2D eigenvalue weighted by Gasteiger charge is -2.49. The zero-order valence-electron chi connectivity index (χ0n) is 18.2. The molecule has 2 aromatic carbocycles. The van der Waals surface area contributed by atoms with E-state index in [-0.39, 0.29) is 19.5 Å². The van der Waals surface area contributed by atoms with E-state index in [1.165, 1.54) is 16.7 Å². The van der Waals surface area contributed by atoms with E-state index in [0.29, 0.717) is 0 Å². The fraction of sp³-hybridized carbons (Fsp3) is 0.333. The number of rotatable bonds is 8. The van der Waals surface area contributed by atoms with Crippen molar-refractivity contribution in [2.24, 2.45) is 0 Å². The quantitative estimate of drug-likeness (QED) is 0.359. The van der Waals surface area contributed by atoms with Gasteiger partial charge < -0.3 is 14.8 Å². The summed E-state index contributed by atoms with van der Waals surface area (Å²) in [7, 11) is 0. The Hall–Kier alpha value is -3.33. The van der Waals surface area contributed by atoms with Crippen LogP contribution in [0.3, 0.4) is 0 Å². The van der Waals surface area contributed by atoms with Crippen molar-refractivity contribution in [3.8, 4) is 0 Å². The summed E-state index contributed by atoms with van der Waals surface area (Å²) < 4.78 is 9.61. The Morgan fingerprint density at radius 2 is 1.67 bits per heavy atom. The van der Waals surface area contributed by atoms with E-state index in [1.807, 2.05) is 48.5 Å². The predicted octanol–water partition coefficient (Wildman–Crippen LogP) is 2.02. The Balaban J connectivity index is 1.64. The molecule has 2 heterocycles. The first-order valence-electron chi connectivity index (χ1n) is 10.5. The molecule has 8 nitrogen and oxygen atoms in total. The van der Waals surface area contributed by atoms with E-state index in [1.54, 1.807) is 26.0 Å². The van der Waals surface area contributed by atoms with Crippen LogP contribution in [0.1, 0.15) is 25.0 Å². The van der Waals surface area contributed by atoms with Crippen LogP contribution in [0.2, 0.25) is 0 Å². The van der Waals surface area contributed by atoms with Gasteiger partial charge in [0.1, 0.15) is 12.0 Å². The maximum atomic E-state index is 13.6. The van der Waals surface area contributed by atoms with Crippen molar-refractivity contribution >= 4 is 36.0 Å². The fourth-order valence-corrected chi connectivity index (χ4v) is 5.91. The van der Waals surface area contributed by atoms with E-state index in [2.05, 4.69) is 5.32 Å². The molecule has 2 amide bonds. The number of thioether (sulfide) groups is 1. The van der Waals surface area contributed by atoms with Crippen molar-refractivity contribution in [2.45, 2.75) is 48.8 Å². The average Bonchev–Trinajstić information content (AvgIpc) is 3.01. The number of fused-ring (bicyclic) bond motifs is 1. The van der Waals surface area contributed by atoms with Gasteiger partial charge in [0.25, 0.3) is 12.4 Å². The second-order valence-corrected chi connectivity index (χ2v) is 10.1. The molecular formula is C24H24N2O6S. The highest BCUT2D eigenvalue weighted by atomic mass is 32.2. The summed E-state index contributed by atoms with van der Waals surface area (Å²) in [6.45, 7) is 3.72. The Bertz CT molecular complexity index is 1060. The van der Waals surface area contributed by atoms with Gasteiger partial charge in [-0.3, -0.25) is 19.3 Å². The second-order valence-electron chi connectivity index (χ2n) is 8.36. The van der Waals surface area contributed by atoms with Crippen molar-refractivity contribution in [2.75, 3.05) is 0 Å². The molecular weight excluding hydrogens is 444 g/mol. The molecule has 0 spiro atoms. The van der Waals surface area contributed by atoms with Gasteiger partial charge in [-0.05, 0) is 25.0 Å². The van der Waals surface area contributed by atoms with Gasteiger partial charge in [0.15, 0.2) is 0 Å². The van der Waals surface area contributed by atoms with Crippen molar-refractivity contribution in [1.29, 1.82) is 0 Å². The summed E-state index contributed by atoms with van der Waals surface area (Å²) >= 11 is 1.28. The second kappa shape index (κ2) is 8.90. The van der Waals surface area contributed by atoms with Gasteiger partial charge in [-0.25, -0.2) is 4.79 Å². The van der Waals surface area contributed by atoms with Crippen molar-refractivity contribution in [1.82, 2.24) is 10.2 Å². The molecule has 0 aliphatic carbocycles. The number of carbonyl (C=O) groups excluding carboxylic acids is 4. The van der Waals surface area contributed by atoms with Gasteiger partial charge in [0.05, 0.1) is 11.2 Å². The van der Waals surface area contributed by atoms with Crippen LogP contribution >= 0.6 is 11.8 Å². The number of carbonyl (C=O) groups is 4. The molecule has 0 bridgehead atoms. The van der Waals surface area contributed by atoms with Gasteiger partial charge in [0.2, 0.25) is 17.7 Å². The first kappa shape index (κ1) is 22.8. The van der Waals surface area contributed by atoms with Crippen LogP contribution in [0.25, 0.3) is 0 Å². The molecule has 0 aromatic heterocycles. The number of β-lactam (4-membered cyclic amide) rings is 1. The summed E-state index contributed by atoms with van der Waals surface area (Å²) in [5.74, 6) is -1.73. The fourth-order valence-electron chi connectivity index (χ4n) is 4.23. The minimum atomic E-state index is -1.76. The topological polar surface area (TPSA) is 102 Å². The Labute approximate surface area is 195 Å². The molecule has 2 fully saturated rings. The lowest BCUT2D eigenvalue weighted by Crippen LogP contribution is -2.78. The number of benzene rings is 2. The predicted molar refractivity (Wildman–Crippen MR) is 120 cm³/mol. The van der Waals surface area contributed by atoms with Crippen LogP contribution in [0.15, 0.2) is 60.7 Å². The number of nitrogens with one attached hydrogen (secondary N) is 1. The Morgan fingerprint density at radius 1 is 1.06 bits per heavy atom. The average molecular weight is 469 g/mol. The highest BCUT2D eigenvalue weighted by Crippen LogP contribution is 2.56. The van der Waals surface area contributed by atoms with Crippen LogP contribution in [-0.4, -0.2) is 51.0 Å². The normalized spacial score (nSPS) is 24.9. The number of esters is 1. The summed E-state index contributed by atoms with van der Waals surface area (Å²) in [6, 6.07) is 18.2. The number of hydrogen-bond acceptors (Lipinski definition) is 7. The molecule has 0 saturated carbocycles. The van der Waals surface area contributed by atoms with Crippen LogP contribution < -0.4 is 5.32 Å². The van der Waals surface area contributed by atoms with E-state index in [9.17, 15) is 19.2 Å². The molecule has 172 valence electrons. The lowest BCUT2D eigenvalue weighted by atomic mass is 9.88. The van der Waals surface area contributed by atoms with E-state index < -0.39 is 39.7 Å². The maximum absolute atomic E-state index is 13.6. The Kier molecular flexibility index (Phi) is 6.16. The molecule has 33 heavy (non-hydrogen) atoms. The largest absolute Gasteiger partial charge is 0.458 e. The number of hydrogen-bond donors (Lipinski definition) is 1. The summed E-state index contributed by atoms with van der Waals surface area (Å²) in [5, 5.41) is 2.21. The van der Waals surface area contributed by atoms with E-state index >= 15 is 0 Å². The number of nitrogens with zero attached hydrogens (tertiary/aromatic N) is 1. The standard InChI is InChI=1S/C24H24N2O6S/c1-23(2)24(22(30)31-14-17-11-7-4-8-12-17,25-18(28)13-16-9-5-3-6-10-16)26-20(29)19(32-15-27)21(26)33-23/h3-12,15,19,21H,13-14H2,1-2H3,(H,25,28)/t19-,21-,24+/m1/s1. The monoisotopic (exact) mass is 468 g/mol. The van der Waals surface area contributed by atoms with Crippen molar-refractivity contribution in [3.05, 3.63) is 71.8 Å². The van der Waals surface area contributed by atoms with Crippen LogP contribution in [-0.2, 0) is 41.7 Å². The van der Waals surface area contributed by atoms with E-state index in [4.69, 9.17) is 9.47 Å². The third kappa shape index (κ3) is 3.97. The first-order valence-corrected chi connectivity index (χ1v) is 11.3. The molecule has 4 rings (SSSR count). The smallest absolute Gasteiger partial charge is 0.355 e. The SMILES string of the molecule is CC1(C)S[C@@H]2[C@H](OC=O)C(=O)N2[C@@]1(NC(=O)Cc1ccccc1)C(=O)OCc1ccccc1. The molecule has 1 N–H and O–H groups in total. The van der Waals surface area contributed by atoms with Gasteiger partial charge in [-0.1, -0.05) is 60.7 Å². The van der Waals surface area contributed by atoms with Gasteiger partial charge in [-0.15, -0.1) is 11.8 Å². The zero-order valence-corrected chi connectivity index (χ0v) is 19.0. The van der Waals surface area contributed by atoms with Gasteiger partial charge >= 0.3 is 5.97 Å². The molecule has 2 saturated heterocycles. The third-order valence-electron chi connectivity index (χ3n) is 5.88. The van der Waals surface area contributed by atoms with Crippen molar-refractivity contribution < 1.29 is 28.7 Å². The van der Waals surface area contributed by atoms with Crippen LogP contribution in [0.4, 0.5) is 0 Å².